The van der Waals surface area contributed by atoms with Crippen molar-refractivity contribution in [2.24, 2.45) is 5.92 Å². The van der Waals surface area contributed by atoms with Crippen molar-refractivity contribution in [2.75, 3.05) is 11.9 Å². The van der Waals surface area contributed by atoms with Crippen LogP contribution in [-0.4, -0.2) is 29.6 Å². The van der Waals surface area contributed by atoms with Gasteiger partial charge in [-0.1, -0.05) is 13.8 Å². The summed E-state index contributed by atoms with van der Waals surface area (Å²) in [4.78, 5) is 22.7. The van der Waals surface area contributed by atoms with E-state index in [1.165, 1.54) is 6.92 Å². The second-order valence-electron chi connectivity index (χ2n) is 5.25. The molecule has 0 bridgehead atoms. The van der Waals surface area contributed by atoms with Crippen molar-refractivity contribution in [1.29, 1.82) is 0 Å². The van der Waals surface area contributed by atoms with E-state index in [2.05, 4.69) is 10.6 Å². The Bertz CT molecular complexity index is 455. The van der Waals surface area contributed by atoms with E-state index in [1.54, 1.807) is 24.3 Å². The maximum absolute atomic E-state index is 11.6. The molecule has 0 saturated heterocycles. The number of amides is 2. The maximum Gasteiger partial charge on any atom is 0.319 e. The van der Waals surface area contributed by atoms with Crippen LogP contribution in [0.2, 0.25) is 0 Å². The van der Waals surface area contributed by atoms with Gasteiger partial charge < -0.3 is 15.7 Å². The molecule has 5 nitrogen and oxygen atoms in total. The van der Waals surface area contributed by atoms with E-state index in [-0.39, 0.29) is 18.4 Å². The van der Waals surface area contributed by atoms with Crippen molar-refractivity contribution in [3.63, 3.8) is 0 Å². The maximum atomic E-state index is 11.6. The summed E-state index contributed by atoms with van der Waals surface area (Å²) in [7, 11) is 0. The molecule has 20 heavy (non-hydrogen) atoms. The predicted molar refractivity (Wildman–Crippen MR) is 78.9 cm³/mol. The monoisotopic (exact) mass is 278 g/mol. The molecular weight excluding hydrogens is 256 g/mol. The molecule has 0 aliphatic heterocycles. The van der Waals surface area contributed by atoms with Crippen molar-refractivity contribution in [1.82, 2.24) is 5.32 Å². The number of nitrogens with one attached hydrogen (secondary N) is 2. The van der Waals surface area contributed by atoms with Gasteiger partial charge in [0.1, 0.15) is 0 Å². The zero-order valence-corrected chi connectivity index (χ0v) is 12.1. The second kappa shape index (κ2) is 7.65. The molecule has 0 aliphatic rings. The summed E-state index contributed by atoms with van der Waals surface area (Å²) in [6.07, 6.45) is 0.106. The predicted octanol–water partition coefficient (Wildman–Crippen LogP) is 2.42. The van der Waals surface area contributed by atoms with Crippen LogP contribution in [0, 0.1) is 5.92 Å². The van der Waals surface area contributed by atoms with Gasteiger partial charge in [0, 0.05) is 17.8 Å². The van der Waals surface area contributed by atoms with E-state index in [4.69, 9.17) is 0 Å². The Kier molecular flexibility index (Phi) is 6.18. The van der Waals surface area contributed by atoms with Crippen LogP contribution in [0.5, 0.6) is 0 Å². The lowest BCUT2D eigenvalue weighted by Crippen LogP contribution is -2.35. The van der Waals surface area contributed by atoms with Crippen LogP contribution in [-0.2, 0) is 0 Å². The van der Waals surface area contributed by atoms with Crippen LogP contribution in [0.4, 0.5) is 10.5 Å². The molecule has 5 heteroatoms. The molecule has 0 saturated carbocycles. The van der Waals surface area contributed by atoms with Crippen LogP contribution < -0.4 is 10.6 Å². The molecule has 3 N–H and O–H groups in total. The van der Waals surface area contributed by atoms with E-state index in [0.29, 0.717) is 23.6 Å². The highest BCUT2D eigenvalue weighted by Crippen LogP contribution is 2.10. The fraction of sp³-hybridized carbons (Fsp3) is 0.467. The van der Waals surface area contributed by atoms with Crippen molar-refractivity contribution < 1.29 is 14.7 Å². The molecule has 0 radical (unpaired) electrons. The van der Waals surface area contributed by atoms with Gasteiger partial charge in [-0.3, -0.25) is 4.79 Å². The number of hydrogen-bond acceptors (Lipinski definition) is 3. The van der Waals surface area contributed by atoms with E-state index >= 15 is 0 Å². The molecule has 0 heterocycles. The molecular formula is C15H22N2O3. The summed E-state index contributed by atoms with van der Waals surface area (Å²) in [5, 5.41) is 14.9. The minimum absolute atomic E-state index is 0.0159. The third-order valence-corrected chi connectivity index (χ3v) is 2.79. The summed E-state index contributed by atoms with van der Waals surface area (Å²) in [5.41, 5.74) is 1.20. The number of ketones is 1. The smallest absolute Gasteiger partial charge is 0.319 e. The quantitative estimate of drug-likeness (QED) is 0.699. The van der Waals surface area contributed by atoms with E-state index in [1.807, 2.05) is 13.8 Å². The van der Waals surface area contributed by atoms with Crippen LogP contribution in [0.3, 0.4) is 0 Å². The number of carbonyl (C=O) groups excluding carboxylic acids is 2. The zero-order valence-electron chi connectivity index (χ0n) is 12.1. The Morgan fingerprint density at radius 3 is 2.30 bits per heavy atom. The summed E-state index contributed by atoms with van der Waals surface area (Å²) in [6, 6.07) is 6.28. The van der Waals surface area contributed by atoms with E-state index < -0.39 is 6.10 Å². The number of carbonyl (C=O) groups is 2. The SMILES string of the molecule is CC(=O)c1ccc(NC(=O)NCC(O)CC(C)C)cc1. The lowest BCUT2D eigenvalue weighted by atomic mass is 10.1. The Morgan fingerprint density at radius 1 is 1.20 bits per heavy atom. The van der Waals surface area contributed by atoms with Crippen molar-refractivity contribution >= 4 is 17.5 Å². The van der Waals surface area contributed by atoms with E-state index in [0.717, 1.165) is 0 Å². The second-order valence-corrected chi connectivity index (χ2v) is 5.25. The highest BCUT2D eigenvalue weighted by Gasteiger charge is 2.09. The summed E-state index contributed by atoms with van der Waals surface area (Å²) in [5.74, 6) is 0.367. The molecule has 0 aliphatic carbocycles. The molecule has 0 fully saturated rings. The largest absolute Gasteiger partial charge is 0.391 e. The molecule has 2 amide bonds. The molecule has 0 aromatic heterocycles. The lowest BCUT2D eigenvalue weighted by Gasteiger charge is -2.14. The number of hydrogen-bond donors (Lipinski definition) is 3. The topological polar surface area (TPSA) is 78.4 Å². The van der Waals surface area contributed by atoms with Crippen LogP contribution >= 0.6 is 0 Å². The average Bonchev–Trinajstić information content (AvgIpc) is 2.36. The third-order valence-electron chi connectivity index (χ3n) is 2.79. The number of aliphatic hydroxyl groups is 1. The van der Waals surface area contributed by atoms with Gasteiger partial charge in [-0.2, -0.15) is 0 Å². The summed E-state index contributed by atoms with van der Waals surface area (Å²) >= 11 is 0. The Morgan fingerprint density at radius 2 is 1.80 bits per heavy atom. The zero-order chi connectivity index (χ0) is 15.1. The van der Waals surface area contributed by atoms with Gasteiger partial charge in [-0.25, -0.2) is 4.79 Å². The first kappa shape index (κ1) is 16.2. The third kappa shape index (κ3) is 5.84. The lowest BCUT2D eigenvalue weighted by molar-refractivity contribution is 0.101. The van der Waals surface area contributed by atoms with Gasteiger partial charge in [0.15, 0.2) is 5.78 Å². The normalized spacial score (nSPS) is 12.1. The molecule has 1 aromatic carbocycles. The van der Waals surface area contributed by atoms with Gasteiger partial charge >= 0.3 is 6.03 Å². The first-order valence-electron chi connectivity index (χ1n) is 6.72. The number of aliphatic hydroxyl groups excluding tert-OH is 1. The minimum atomic E-state index is -0.541. The van der Waals surface area contributed by atoms with E-state index in [9.17, 15) is 14.7 Å². The average molecular weight is 278 g/mol. The van der Waals surface area contributed by atoms with Gasteiger partial charge in [0.2, 0.25) is 0 Å². The van der Waals surface area contributed by atoms with Gasteiger partial charge in [-0.05, 0) is 43.5 Å². The number of anilines is 1. The van der Waals surface area contributed by atoms with Crippen LogP contribution in [0.1, 0.15) is 37.6 Å². The molecule has 110 valence electrons. The molecule has 0 spiro atoms. The Hall–Kier alpha value is -1.88. The van der Waals surface area contributed by atoms with Gasteiger partial charge in [-0.15, -0.1) is 0 Å². The number of urea groups is 1. The van der Waals surface area contributed by atoms with Crippen LogP contribution in [0.15, 0.2) is 24.3 Å². The highest BCUT2D eigenvalue weighted by atomic mass is 16.3. The molecule has 1 atom stereocenters. The molecule has 1 aromatic rings. The Labute approximate surface area is 119 Å². The fourth-order valence-electron chi connectivity index (χ4n) is 1.80. The minimum Gasteiger partial charge on any atom is -0.391 e. The standard InChI is InChI=1S/C15H22N2O3/c1-10(2)8-14(19)9-16-15(20)17-13-6-4-12(5-7-13)11(3)18/h4-7,10,14,19H,8-9H2,1-3H3,(H2,16,17,20). The van der Waals surface area contributed by atoms with Crippen molar-refractivity contribution in [3.8, 4) is 0 Å². The molecule has 1 unspecified atom stereocenters. The first-order chi connectivity index (χ1) is 9.38. The van der Waals surface area contributed by atoms with Crippen molar-refractivity contribution in [3.05, 3.63) is 29.8 Å². The highest BCUT2D eigenvalue weighted by molar-refractivity contribution is 5.95. The number of benzene rings is 1. The number of rotatable bonds is 6. The van der Waals surface area contributed by atoms with Crippen LogP contribution in [0.25, 0.3) is 0 Å². The number of Topliss-reactive ketones (excluding diaryl/α,β-unsaturated/α-hetero) is 1. The Balaban J connectivity index is 2.40. The summed E-state index contributed by atoms with van der Waals surface area (Å²) in [6.45, 7) is 5.74. The van der Waals surface area contributed by atoms with Gasteiger partial charge in [0.25, 0.3) is 0 Å². The fourth-order valence-corrected chi connectivity index (χ4v) is 1.80. The van der Waals surface area contributed by atoms with Crippen molar-refractivity contribution in [2.45, 2.75) is 33.3 Å². The first-order valence-corrected chi connectivity index (χ1v) is 6.72. The van der Waals surface area contributed by atoms with Gasteiger partial charge in [0.05, 0.1) is 6.10 Å². The molecule has 1 rings (SSSR count). The summed E-state index contributed by atoms with van der Waals surface area (Å²) < 4.78 is 0.